The second-order valence-electron chi connectivity index (χ2n) is 3.39. The molecule has 1 unspecified atom stereocenters. The first kappa shape index (κ1) is 9.46. The van der Waals surface area contributed by atoms with Gasteiger partial charge < -0.3 is 5.32 Å². The van der Waals surface area contributed by atoms with Crippen LogP contribution in [0.5, 0.6) is 0 Å². The van der Waals surface area contributed by atoms with Crippen molar-refractivity contribution >= 4 is 21.8 Å². The molecule has 2 nitrogen and oxygen atoms in total. The Labute approximate surface area is 91.1 Å². The van der Waals surface area contributed by atoms with Crippen LogP contribution in [0.4, 0.5) is 0 Å². The number of nitrogens with one attached hydrogen (secondary N) is 1. The van der Waals surface area contributed by atoms with Gasteiger partial charge in [-0.3, -0.25) is 4.79 Å². The summed E-state index contributed by atoms with van der Waals surface area (Å²) in [5.74, 6) is -0.0297. The molecule has 0 saturated carbocycles. The zero-order valence-electron chi connectivity index (χ0n) is 7.59. The van der Waals surface area contributed by atoms with Gasteiger partial charge in [-0.05, 0) is 17.7 Å². The van der Waals surface area contributed by atoms with Crippen LogP contribution in [0.25, 0.3) is 0 Å². The molecule has 0 aliphatic carbocycles. The molecule has 1 saturated heterocycles. The molecule has 2 rings (SSSR count). The highest BCUT2D eigenvalue weighted by Crippen LogP contribution is 2.27. The predicted molar refractivity (Wildman–Crippen MR) is 58.8 cm³/mol. The molecule has 1 N–H and O–H groups in total. The molecule has 1 fully saturated rings. The number of rotatable bonds is 1. The Morgan fingerprint density at radius 2 is 2.00 bits per heavy atom. The van der Waals surface area contributed by atoms with Crippen molar-refractivity contribution in [2.45, 2.75) is 12.5 Å². The van der Waals surface area contributed by atoms with Gasteiger partial charge >= 0.3 is 0 Å². The number of benzene rings is 1. The maximum absolute atomic E-state index is 11.2. The molecule has 1 atom stereocenters. The van der Waals surface area contributed by atoms with Gasteiger partial charge in [0, 0.05) is 16.5 Å². The molecule has 72 valence electrons. The van der Waals surface area contributed by atoms with Gasteiger partial charge in [-0.15, -0.1) is 0 Å². The number of hydrogen-bond donors (Lipinski definition) is 1. The van der Waals surface area contributed by atoms with E-state index in [-0.39, 0.29) is 11.9 Å². The smallest absolute Gasteiger partial charge is 0.247 e. The van der Waals surface area contributed by atoms with Gasteiger partial charge in [-0.25, -0.2) is 0 Å². The van der Waals surface area contributed by atoms with E-state index in [2.05, 4.69) is 27.8 Å². The highest BCUT2D eigenvalue weighted by molar-refractivity contribution is 9.10. The summed E-state index contributed by atoms with van der Waals surface area (Å²) < 4.78 is 1.05. The van der Waals surface area contributed by atoms with E-state index in [1.54, 1.807) is 0 Å². The normalized spacial score (nSPS) is 21.1. The van der Waals surface area contributed by atoms with Gasteiger partial charge in [0.25, 0.3) is 0 Å². The van der Waals surface area contributed by atoms with Crippen LogP contribution in [0.3, 0.4) is 0 Å². The van der Waals surface area contributed by atoms with E-state index in [1.165, 1.54) is 0 Å². The SMILES string of the molecule is C=C1CC(c2ccc(Br)cc2)NC1=O. The topological polar surface area (TPSA) is 29.1 Å². The number of carbonyl (C=O) groups excluding carboxylic acids is 1. The Hall–Kier alpha value is -1.09. The molecule has 0 spiro atoms. The second-order valence-corrected chi connectivity index (χ2v) is 4.30. The van der Waals surface area contributed by atoms with Gasteiger partial charge in [0.05, 0.1) is 6.04 Å². The van der Waals surface area contributed by atoms with E-state index in [1.807, 2.05) is 24.3 Å². The lowest BCUT2D eigenvalue weighted by Gasteiger charge is -2.09. The Morgan fingerprint density at radius 1 is 1.36 bits per heavy atom. The minimum atomic E-state index is -0.0297. The largest absolute Gasteiger partial charge is 0.345 e. The monoisotopic (exact) mass is 251 g/mol. The molecule has 0 aromatic heterocycles. The van der Waals surface area contributed by atoms with Gasteiger partial charge in [0.15, 0.2) is 0 Å². The average molecular weight is 252 g/mol. The molecule has 0 bridgehead atoms. The third kappa shape index (κ3) is 1.73. The van der Waals surface area contributed by atoms with Crippen molar-refractivity contribution in [1.29, 1.82) is 0 Å². The summed E-state index contributed by atoms with van der Waals surface area (Å²) in [5, 5.41) is 2.89. The Kier molecular flexibility index (Phi) is 2.42. The van der Waals surface area contributed by atoms with Crippen LogP contribution in [0, 0.1) is 0 Å². The summed E-state index contributed by atoms with van der Waals surface area (Å²) >= 11 is 3.37. The van der Waals surface area contributed by atoms with Crippen molar-refractivity contribution < 1.29 is 4.79 Å². The Bertz CT molecular complexity index is 367. The summed E-state index contributed by atoms with van der Waals surface area (Å²) in [6, 6.07) is 8.06. The zero-order valence-corrected chi connectivity index (χ0v) is 9.17. The number of halogens is 1. The minimum absolute atomic E-state index is 0.0297. The molecule has 1 aliphatic heterocycles. The fourth-order valence-corrected chi connectivity index (χ4v) is 1.81. The van der Waals surface area contributed by atoms with E-state index in [0.717, 1.165) is 10.0 Å². The fourth-order valence-electron chi connectivity index (χ4n) is 1.55. The maximum Gasteiger partial charge on any atom is 0.247 e. The van der Waals surface area contributed by atoms with Crippen LogP contribution in [-0.4, -0.2) is 5.91 Å². The number of hydrogen-bond acceptors (Lipinski definition) is 1. The van der Waals surface area contributed by atoms with Gasteiger partial charge in [0.2, 0.25) is 5.91 Å². The number of amides is 1. The Morgan fingerprint density at radius 3 is 2.50 bits per heavy atom. The highest BCUT2D eigenvalue weighted by atomic mass is 79.9. The zero-order chi connectivity index (χ0) is 10.1. The quantitative estimate of drug-likeness (QED) is 0.764. The van der Waals surface area contributed by atoms with Crippen molar-refractivity contribution in [2.75, 3.05) is 0 Å². The lowest BCUT2D eigenvalue weighted by atomic mass is 10.0. The first-order chi connectivity index (χ1) is 6.66. The predicted octanol–water partition coefficient (Wildman–Crippen LogP) is 2.57. The molecule has 1 heterocycles. The van der Waals surface area contributed by atoms with E-state index >= 15 is 0 Å². The third-order valence-electron chi connectivity index (χ3n) is 2.35. The minimum Gasteiger partial charge on any atom is -0.345 e. The summed E-state index contributed by atoms with van der Waals surface area (Å²) in [4.78, 5) is 11.2. The molecular weight excluding hydrogens is 242 g/mol. The molecular formula is C11H10BrNO. The highest BCUT2D eigenvalue weighted by Gasteiger charge is 2.25. The lowest BCUT2D eigenvalue weighted by molar-refractivity contribution is -0.116. The van der Waals surface area contributed by atoms with Crippen LogP contribution < -0.4 is 5.32 Å². The average Bonchev–Trinajstić information content (AvgIpc) is 2.48. The van der Waals surface area contributed by atoms with E-state index < -0.39 is 0 Å². The van der Waals surface area contributed by atoms with Crippen molar-refractivity contribution in [2.24, 2.45) is 0 Å². The van der Waals surface area contributed by atoms with Crippen LogP contribution in [0.2, 0.25) is 0 Å². The molecule has 1 aliphatic rings. The van der Waals surface area contributed by atoms with Crippen molar-refractivity contribution in [3.8, 4) is 0 Å². The molecule has 1 aromatic rings. The van der Waals surface area contributed by atoms with Crippen LogP contribution in [-0.2, 0) is 4.79 Å². The fraction of sp³-hybridized carbons (Fsp3) is 0.182. The van der Waals surface area contributed by atoms with Crippen molar-refractivity contribution in [1.82, 2.24) is 5.32 Å². The van der Waals surface area contributed by atoms with Gasteiger partial charge in [-0.2, -0.15) is 0 Å². The summed E-state index contributed by atoms with van der Waals surface area (Å²) in [5.41, 5.74) is 1.79. The lowest BCUT2D eigenvalue weighted by Crippen LogP contribution is -2.18. The third-order valence-corrected chi connectivity index (χ3v) is 2.88. The van der Waals surface area contributed by atoms with Crippen LogP contribution >= 0.6 is 15.9 Å². The van der Waals surface area contributed by atoms with E-state index in [4.69, 9.17) is 0 Å². The molecule has 1 aromatic carbocycles. The molecule has 14 heavy (non-hydrogen) atoms. The Balaban J connectivity index is 2.21. The van der Waals surface area contributed by atoms with E-state index in [9.17, 15) is 4.79 Å². The van der Waals surface area contributed by atoms with Crippen LogP contribution in [0.1, 0.15) is 18.0 Å². The summed E-state index contributed by atoms with van der Waals surface area (Å²) in [7, 11) is 0. The number of carbonyl (C=O) groups is 1. The second kappa shape index (κ2) is 3.58. The summed E-state index contributed by atoms with van der Waals surface area (Å²) in [6.07, 6.45) is 0.709. The van der Waals surface area contributed by atoms with Crippen molar-refractivity contribution in [3.05, 3.63) is 46.5 Å². The van der Waals surface area contributed by atoms with Crippen molar-refractivity contribution in [3.63, 3.8) is 0 Å². The summed E-state index contributed by atoms with van der Waals surface area (Å²) in [6.45, 7) is 3.71. The standard InChI is InChI=1S/C11H10BrNO/c1-7-6-10(13-11(7)14)8-2-4-9(12)5-3-8/h2-5,10H,1,6H2,(H,13,14). The van der Waals surface area contributed by atoms with Gasteiger partial charge in [0.1, 0.15) is 0 Å². The van der Waals surface area contributed by atoms with E-state index in [0.29, 0.717) is 12.0 Å². The van der Waals surface area contributed by atoms with Gasteiger partial charge in [-0.1, -0.05) is 34.6 Å². The first-order valence-electron chi connectivity index (χ1n) is 4.41. The first-order valence-corrected chi connectivity index (χ1v) is 5.20. The molecule has 3 heteroatoms. The molecule has 0 radical (unpaired) electrons. The van der Waals surface area contributed by atoms with Crippen LogP contribution in [0.15, 0.2) is 40.9 Å². The molecule has 1 amide bonds. The maximum atomic E-state index is 11.2.